The fraction of sp³-hybridized carbons (Fsp3) is 0.200. The third kappa shape index (κ3) is 3.94. The standard InChI is InChI=1S/C20H19ClFN3O/c1-2-24(14-16-10-6-7-11-17(16)22)18-12-23-25(20(26)19(18)21)13-15-8-4-3-5-9-15/h3-12H,2,13-14H2,1H3. The molecule has 0 aliphatic rings. The summed E-state index contributed by atoms with van der Waals surface area (Å²) in [6.07, 6.45) is 1.57. The van der Waals surface area contributed by atoms with Gasteiger partial charge in [0.15, 0.2) is 0 Å². The Kier molecular flexibility index (Phi) is 5.68. The molecule has 0 fully saturated rings. The van der Waals surface area contributed by atoms with Crippen LogP contribution < -0.4 is 10.5 Å². The molecule has 2 aromatic carbocycles. The molecular formula is C20H19ClFN3O. The number of benzene rings is 2. The van der Waals surface area contributed by atoms with Gasteiger partial charge in [-0.3, -0.25) is 4.79 Å². The van der Waals surface area contributed by atoms with E-state index in [9.17, 15) is 9.18 Å². The SMILES string of the molecule is CCN(Cc1ccccc1F)c1cnn(Cc2ccccc2)c(=O)c1Cl. The maximum atomic E-state index is 13.9. The number of aromatic nitrogens is 2. The van der Waals surface area contributed by atoms with Gasteiger partial charge in [0.1, 0.15) is 10.8 Å². The molecule has 6 heteroatoms. The summed E-state index contributed by atoms with van der Waals surface area (Å²) in [6.45, 7) is 3.15. The second-order valence-corrected chi connectivity index (χ2v) is 6.28. The predicted octanol–water partition coefficient (Wildman–Crippen LogP) is 4.11. The first-order chi connectivity index (χ1) is 12.6. The van der Waals surface area contributed by atoms with Crippen LogP contribution in [0.15, 0.2) is 65.6 Å². The molecule has 0 amide bonds. The third-order valence-electron chi connectivity index (χ3n) is 4.18. The Morgan fingerprint density at radius 3 is 2.50 bits per heavy atom. The minimum atomic E-state index is -0.361. The van der Waals surface area contributed by atoms with E-state index in [2.05, 4.69) is 5.10 Å². The van der Waals surface area contributed by atoms with Crippen molar-refractivity contribution in [2.45, 2.75) is 20.0 Å². The van der Waals surface area contributed by atoms with Gasteiger partial charge in [0.25, 0.3) is 5.56 Å². The Hall–Kier alpha value is -2.66. The highest BCUT2D eigenvalue weighted by Crippen LogP contribution is 2.23. The second kappa shape index (κ2) is 8.15. The first-order valence-corrected chi connectivity index (χ1v) is 8.76. The van der Waals surface area contributed by atoms with Crippen LogP contribution in [0, 0.1) is 5.82 Å². The van der Waals surface area contributed by atoms with Crippen LogP contribution in [0.1, 0.15) is 18.1 Å². The molecule has 0 saturated heterocycles. The molecule has 3 aromatic rings. The summed E-state index contributed by atoms with van der Waals surface area (Å²) in [5.74, 6) is -0.285. The van der Waals surface area contributed by atoms with E-state index in [1.165, 1.54) is 10.7 Å². The Balaban J connectivity index is 1.89. The number of rotatable bonds is 6. The number of halogens is 2. The van der Waals surface area contributed by atoms with Gasteiger partial charge in [-0.05, 0) is 18.6 Å². The fourth-order valence-corrected chi connectivity index (χ4v) is 3.01. The van der Waals surface area contributed by atoms with Gasteiger partial charge in [-0.1, -0.05) is 60.1 Å². The predicted molar refractivity (Wildman–Crippen MR) is 102 cm³/mol. The molecule has 0 saturated carbocycles. The molecule has 0 atom stereocenters. The molecule has 1 heterocycles. The van der Waals surface area contributed by atoms with Crippen LogP contribution in [0.25, 0.3) is 0 Å². The van der Waals surface area contributed by atoms with Crippen molar-refractivity contribution in [1.29, 1.82) is 0 Å². The molecule has 4 nitrogen and oxygen atoms in total. The summed E-state index contributed by atoms with van der Waals surface area (Å²) in [5, 5.41) is 4.34. The van der Waals surface area contributed by atoms with Crippen molar-refractivity contribution >= 4 is 17.3 Å². The van der Waals surface area contributed by atoms with Crippen molar-refractivity contribution in [3.05, 3.63) is 93.1 Å². The molecule has 0 radical (unpaired) electrons. The number of nitrogens with zero attached hydrogens (tertiary/aromatic N) is 3. The Labute approximate surface area is 156 Å². The van der Waals surface area contributed by atoms with Gasteiger partial charge < -0.3 is 4.90 Å². The topological polar surface area (TPSA) is 38.1 Å². The van der Waals surface area contributed by atoms with Crippen LogP contribution in [0.4, 0.5) is 10.1 Å². The van der Waals surface area contributed by atoms with Crippen LogP contribution >= 0.6 is 11.6 Å². The Bertz CT molecular complexity index is 943. The lowest BCUT2D eigenvalue weighted by Crippen LogP contribution is -2.29. The van der Waals surface area contributed by atoms with Gasteiger partial charge in [0.2, 0.25) is 0 Å². The first kappa shape index (κ1) is 18.1. The molecule has 134 valence electrons. The lowest BCUT2D eigenvalue weighted by molar-refractivity contribution is 0.603. The zero-order chi connectivity index (χ0) is 18.5. The fourth-order valence-electron chi connectivity index (χ4n) is 2.75. The summed E-state index contributed by atoms with van der Waals surface area (Å²) in [6, 6.07) is 16.1. The molecule has 3 rings (SSSR count). The van der Waals surface area contributed by atoms with Crippen LogP contribution in [0.2, 0.25) is 5.02 Å². The molecule has 0 aliphatic heterocycles. The van der Waals surface area contributed by atoms with Crippen LogP contribution in [-0.4, -0.2) is 16.3 Å². The van der Waals surface area contributed by atoms with E-state index in [0.717, 1.165) is 5.56 Å². The van der Waals surface area contributed by atoms with Crippen LogP contribution in [0.5, 0.6) is 0 Å². The van der Waals surface area contributed by atoms with Gasteiger partial charge in [-0.15, -0.1) is 0 Å². The molecule has 26 heavy (non-hydrogen) atoms. The monoisotopic (exact) mass is 371 g/mol. The summed E-state index contributed by atoms with van der Waals surface area (Å²) in [7, 11) is 0. The summed E-state index contributed by atoms with van der Waals surface area (Å²) in [5.41, 5.74) is 1.65. The summed E-state index contributed by atoms with van der Waals surface area (Å²) < 4.78 is 15.3. The smallest absolute Gasteiger partial charge is 0.287 e. The number of hydrogen-bond acceptors (Lipinski definition) is 3. The van der Waals surface area contributed by atoms with E-state index in [0.29, 0.717) is 30.9 Å². The van der Waals surface area contributed by atoms with Crippen molar-refractivity contribution in [3.63, 3.8) is 0 Å². The van der Waals surface area contributed by atoms with Crippen molar-refractivity contribution in [2.24, 2.45) is 0 Å². The van der Waals surface area contributed by atoms with Crippen molar-refractivity contribution in [3.8, 4) is 0 Å². The first-order valence-electron chi connectivity index (χ1n) is 8.38. The largest absolute Gasteiger partial charge is 0.365 e. The third-order valence-corrected chi connectivity index (χ3v) is 4.54. The minimum absolute atomic E-state index is 0.0918. The highest BCUT2D eigenvalue weighted by Gasteiger charge is 2.16. The van der Waals surface area contributed by atoms with E-state index in [1.807, 2.05) is 42.2 Å². The zero-order valence-electron chi connectivity index (χ0n) is 14.4. The maximum absolute atomic E-state index is 13.9. The normalized spacial score (nSPS) is 10.7. The number of anilines is 1. The quantitative estimate of drug-likeness (QED) is 0.654. The number of hydrogen-bond donors (Lipinski definition) is 0. The Morgan fingerprint density at radius 1 is 1.12 bits per heavy atom. The Morgan fingerprint density at radius 2 is 1.81 bits per heavy atom. The van der Waals surface area contributed by atoms with E-state index in [4.69, 9.17) is 11.6 Å². The molecular weight excluding hydrogens is 353 g/mol. The molecule has 1 aromatic heterocycles. The molecule has 0 aliphatic carbocycles. The zero-order valence-corrected chi connectivity index (χ0v) is 15.2. The van der Waals surface area contributed by atoms with Gasteiger partial charge in [-0.2, -0.15) is 5.10 Å². The van der Waals surface area contributed by atoms with Crippen LogP contribution in [0.3, 0.4) is 0 Å². The van der Waals surface area contributed by atoms with Crippen molar-refractivity contribution in [2.75, 3.05) is 11.4 Å². The lowest BCUT2D eigenvalue weighted by Gasteiger charge is -2.24. The summed E-state index contributed by atoms with van der Waals surface area (Å²) >= 11 is 6.34. The highest BCUT2D eigenvalue weighted by molar-refractivity contribution is 6.33. The maximum Gasteiger partial charge on any atom is 0.287 e. The second-order valence-electron chi connectivity index (χ2n) is 5.90. The lowest BCUT2D eigenvalue weighted by atomic mass is 10.2. The highest BCUT2D eigenvalue weighted by atomic mass is 35.5. The average Bonchev–Trinajstić information content (AvgIpc) is 2.66. The van der Waals surface area contributed by atoms with Crippen molar-refractivity contribution in [1.82, 2.24) is 9.78 Å². The van der Waals surface area contributed by atoms with E-state index >= 15 is 0 Å². The van der Waals surface area contributed by atoms with Crippen molar-refractivity contribution < 1.29 is 4.39 Å². The van der Waals surface area contributed by atoms with E-state index in [-0.39, 0.29) is 16.4 Å². The van der Waals surface area contributed by atoms with Gasteiger partial charge >= 0.3 is 0 Å². The molecule has 0 unspecified atom stereocenters. The van der Waals surface area contributed by atoms with Gasteiger partial charge in [0, 0.05) is 18.7 Å². The van der Waals surface area contributed by atoms with E-state index < -0.39 is 0 Å². The average molecular weight is 372 g/mol. The van der Waals surface area contributed by atoms with Gasteiger partial charge in [0.05, 0.1) is 18.4 Å². The molecule has 0 bridgehead atoms. The van der Waals surface area contributed by atoms with E-state index in [1.54, 1.807) is 24.4 Å². The van der Waals surface area contributed by atoms with Crippen LogP contribution in [-0.2, 0) is 13.1 Å². The summed E-state index contributed by atoms with van der Waals surface area (Å²) in [4.78, 5) is 14.4. The molecule has 0 N–H and O–H groups in total. The molecule has 0 spiro atoms. The minimum Gasteiger partial charge on any atom is -0.365 e. The van der Waals surface area contributed by atoms with Gasteiger partial charge in [-0.25, -0.2) is 9.07 Å².